The largest absolute Gasteiger partial charge is 0.316 e. The normalized spacial score (nSPS) is 11.4. The lowest BCUT2D eigenvalue weighted by Gasteiger charge is -2.03. The molecule has 0 radical (unpaired) electrons. The van der Waals surface area contributed by atoms with Crippen LogP contribution in [0, 0.1) is 6.92 Å². The number of nitrogens with one attached hydrogen (secondary N) is 1. The van der Waals surface area contributed by atoms with Crippen molar-refractivity contribution in [2.24, 2.45) is 7.05 Å². The van der Waals surface area contributed by atoms with Gasteiger partial charge in [-0.3, -0.25) is 4.79 Å². The Morgan fingerprint density at radius 3 is 2.64 bits per heavy atom. The molecular weight excluding hydrogens is 278 g/mol. The molecule has 22 heavy (non-hydrogen) atoms. The average molecular weight is 291 g/mol. The van der Waals surface area contributed by atoms with Crippen LogP contribution in [-0.2, 0) is 7.05 Å². The van der Waals surface area contributed by atoms with Gasteiger partial charge in [0.1, 0.15) is 17.2 Å². The number of imidazole rings is 1. The maximum absolute atomic E-state index is 12.3. The Balaban J connectivity index is 2.06. The van der Waals surface area contributed by atoms with Gasteiger partial charge in [-0.25, -0.2) is 15.0 Å². The molecule has 6 nitrogen and oxygen atoms in total. The number of hydrogen-bond acceptors (Lipinski definition) is 4. The lowest BCUT2D eigenvalue weighted by Crippen LogP contribution is -2.10. The van der Waals surface area contributed by atoms with Crippen molar-refractivity contribution in [1.82, 2.24) is 24.5 Å². The molecule has 1 N–H and O–H groups in total. The van der Waals surface area contributed by atoms with E-state index in [2.05, 4.69) is 19.9 Å². The van der Waals surface area contributed by atoms with E-state index in [0.29, 0.717) is 22.4 Å². The Hall–Kier alpha value is -3.02. The van der Waals surface area contributed by atoms with Crippen LogP contribution in [0.2, 0.25) is 0 Å². The Kier molecular flexibility index (Phi) is 2.59. The summed E-state index contributed by atoms with van der Waals surface area (Å²) in [5.41, 5.74) is 2.50. The Bertz CT molecular complexity index is 1060. The summed E-state index contributed by atoms with van der Waals surface area (Å²) in [6.45, 7) is 1.90. The number of aromatic nitrogens is 5. The molecule has 0 saturated heterocycles. The summed E-state index contributed by atoms with van der Waals surface area (Å²) in [7, 11) is 1.90. The fraction of sp³-hybridized carbons (Fsp3) is 0.125. The number of hydrogen-bond donors (Lipinski definition) is 1. The van der Waals surface area contributed by atoms with Crippen molar-refractivity contribution in [3.63, 3.8) is 0 Å². The van der Waals surface area contributed by atoms with Gasteiger partial charge >= 0.3 is 0 Å². The van der Waals surface area contributed by atoms with Crippen LogP contribution in [0.4, 0.5) is 0 Å². The van der Waals surface area contributed by atoms with Gasteiger partial charge in [0.25, 0.3) is 5.56 Å². The molecule has 108 valence electrons. The van der Waals surface area contributed by atoms with Gasteiger partial charge in [0.15, 0.2) is 11.3 Å². The number of pyridine rings is 1. The number of aromatic amines is 1. The van der Waals surface area contributed by atoms with Crippen molar-refractivity contribution in [2.75, 3.05) is 0 Å². The lowest BCUT2D eigenvalue weighted by atomic mass is 10.2. The van der Waals surface area contributed by atoms with Crippen molar-refractivity contribution in [3.05, 3.63) is 52.6 Å². The van der Waals surface area contributed by atoms with E-state index >= 15 is 0 Å². The molecule has 4 aromatic rings. The van der Waals surface area contributed by atoms with E-state index in [1.54, 1.807) is 6.07 Å². The highest BCUT2D eigenvalue weighted by Gasteiger charge is 2.12. The Morgan fingerprint density at radius 1 is 1.09 bits per heavy atom. The molecule has 3 heterocycles. The number of nitrogens with zero attached hydrogens (tertiary/aromatic N) is 4. The van der Waals surface area contributed by atoms with Gasteiger partial charge in [-0.15, -0.1) is 0 Å². The first-order valence-corrected chi connectivity index (χ1v) is 6.93. The first-order chi connectivity index (χ1) is 10.6. The van der Waals surface area contributed by atoms with Gasteiger partial charge in [-0.1, -0.05) is 30.3 Å². The number of rotatable bonds is 1. The standard InChI is InChI=1S/C16H13N5O/c1-9-17-12-8-11-14(19-15(12)21(9)2)18-13(20-16(11)22)10-6-4-3-5-7-10/h3-8H,1-2H3,(H,18,19,20,22). The van der Waals surface area contributed by atoms with Crippen molar-refractivity contribution >= 4 is 22.2 Å². The highest BCUT2D eigenvalue weighted by Crippen LogP contribution is 2.19. The van der Waals surface area contributed by atoms with Crippen molar-refractivity contribution < 1.29 is 0 Å². The number of benzene rings is 1. The summed E-state index contributed by atoms with van der Waals surface area (Å²) < 4.78 is 1.89. The minimum atomic E-state index is -0.207. The first-order valence-electron chi connectivity index (χ1n) is 6.93. The predicted molar refractivity (Wildman–Crippen MR) is 84.6 cm³/mol. The van der Waals surface area contributed by atoms with Gasteiger partial charge in [-0.05, 0) is 13.0 Å². The van der Waals surface area contributed by atoms with Crippen molar-refractivity contribution in [3.8, 4) is 11.4 Å². The quantitative estimate of drug-likeness (QED) is 0.583. The summed E-state index contributed by atoms with van der Waals surface area (Å²) in [5, 5.41) is 0.449. The maximum Gasteiger partial charge on any atom is 0.260 e. The summed E-state index contributed by atoms with van der Waals surface area (Å²) >= 11 is 0. The number of fused-ring (bicyclic) bond motifs is 2. The molecule has 0 spiro atoms. The van der Waals surface area contributed by atoms with Crippen LogP contribution in [-0.4, -0.2) is 24.5 Å². The van der Waals surface area contributed by atoms with Crippen molar-refractivity contribution in [1.29, 1.82) is 0 Å². The maximum atomic E-state index is 12.3. The zero-order valence-electron chi connectivity index (χ0n) is 12.2. The average Bonchev–Trinajstić information content (AvgIpc) is 2.81. The third-order valence-corrected chi connectivity index (χ3v) is 3.79. The minimum absolute atomic E-state index is 0.207. The highest BCUT2D eigenvalue weighted by atomic mass is 16.1. The predicted octanol–water partition coefficient (Wildman–Crippen LogP) is 2.18. The second kappa shape index (κ2) is 4.49. The van der Waals surface area contributed by atoms with Crippen LogP contribution in [0.25, 0.3) is 33.6 Å². The fourth-order valence-electron chi connectivity index (χ4n) is 2.51. The van der Waals surface area contributed by atoms with E-state index in [-0.39, 0.29) is 5.56 Å². The van der Waals surface area contributed by atoms with Gasteiger partial charge < -0.3 is 9.55 Å². The third kappa shape index (κ3) is 1.81. The summed E-state index contributed by atoms with van der Waals surface area (Å²) in [6.07, 6.45) is 0. The molecule has 0 fully saturated rings. The molecule has 6 heteroatoms. The molecule has 0 saturated carbocycles. The highest BCUT2D eigenvalue weighted by molar-refractivity contribution is 5.87. The van der Waals surface area contributed by atoms with Crippen molar-refractivity contribution in [2.45, 2.75) is 6.92 Å². The molecule has 0 atom stereocenters. The van der Waals surface area contributed by atoms with E-state index in [1.165, 1.54) is 0 Å². The van der Waals surface area contributed by atoms with Crippen LogP contribution >= 0.6 is 0 Å². The topological polar surface area (TPSA) is 76.5 Å². The van der Waals surface area contributed by atoms with Gasteiger partial charge in [-0.2, -0.15) is 0 Å². The summed E-state index contributed by atoms with van der Waals surface area (Å²) in [6, 6.07) is 11.3. The second-order valence-corrected chi connectivity index (χ2v) is 5.20. The van der Waals surface area contributed by atoms with E-state index in [4.69, 9.17) is 0 Å². The van der Waals surface area contributed by atoms with E-state index in [9.17, 15) is 4.79 Å². The molecular formula is C16H13N5O. The lowest BCUT2D eigenvalue weighted by molar-refractivity contribution is 0.875. The molecule has 3 aromatic heterocycles. The zero-order chi connectivity index (χ0) is 15.3. The van der Waals surface area contributed by atoms with E-state index < -0.39 is 0 Å². The van der Waals surface area contributed by atoms with Gasteiger partial charge in [0.05, 0.1) is 5.39 Å². The SMILES string of the molecule is Cc1nc2cc3c(=O)[nH]c(-c4ccccc4)nc3nc2n1C. The third-order valence-electron chi connectivity index (χ3n) is 3.79. The molecule has 0 bridgehead atoms. The molecule has 0 aliphatic carbocycles. The molecule has 1 aromatic carbocycles. The molecule has 0 aliphatic rings. The summed E-state index contributed by atoms with van der Waals surface area (Å²) in [4.78, 5) is 28.6. The van der Waals surface area contributed by atoms with Crippen LogP contribution in [0.1, 0.15) is 5.82 Å². The van der Waals surface area contributed by atoms with Gasteiger partial charge in [0, 0.05) is 12.6 Å². The first kappa shape index (κ1) is 12.7. The van der Waals surface area contributed by atoms with Crippen LogP contribution < -0.4 is 5.56 Å². The molecule has 0 aliphatic heterocycles. The smallest absolute Gasteiger partial charge is 0.260 e. The Labute approximate surface area is 125 Å². The molecule has 4 rings (SSSR count). The molecule has 0 unspecified atom stereocenters. The number of aryl methyl sites for hydroxylation is 2. The Morgan fingerprint density at radius 2 is 1.86 bits per heavy atom. The van der Waals surface area contributed by atoms with Gasteiger partial charge in [0.2, 0.25) is 0 Å². The zero-order valence-corrected chi connectivity index (χ0v) is 12.2. The second-order valence-electron chi connectivity index (χ2n) is 5.20. The van der Waals surface area contributed by atoms with E-state index in [1.807, 2.05) is 48.9 Å². The number of H-pyrrole nitrogens is 1. The minimum Gasteiger partial charge on any atom is -0.316 e. The van der Waals surface area contributed by atoms with E-state index in [0.717, 1.165) is 17.0 Å². The van der Waals surface area contributed by atoms with Crippen LogP contribution in [0.5, 0.6) is 0 Å². The molecule has 0 amide bonds. The van der Waals surface area contributed by atoms with Crippen LogP contribution in [0.3, 0.4) is 0 Å². The summed E-state index contributed by atoms with van der Waals surface area (Å²) in [5.74, 6) is 1.36. The monoisotopic (exact) mass is 291 g/mol. The van der Waals surface area contributed by atoms with Crippen LogP contribution in [0.15, 0.2) is 41.2 Å². The fourth-order valence-corrected chi connectivity index (χ4v) is 2.51.